The molecule has 30 heavy (non-hydrogen) atoms. The van der Waals surface area contributed by atoms with Gasteiger partial charge in [0.05, 0.1) is 65.5 Å². The first kappa shape index (κ1) is 23.6. The van der Waals surface area contributed by atoms with Crippen molar-refractivity contribution < 1.29 is 37.9 Å². The third-order valence-corrected chi connectivity index (χ3v) is 5.05. The molecule has 2 bridgehead atoms. The van der Waals surface area contributed by atoms with Crippen molar-refractivity contribution in [2.75, 3.05) is 66.0 Å². The van der Waals surface area contributed by atoms with Gasteiger partial charge in [0.25, 0.3) is 0 Å². The van der Waals surface area contributed by atoms with Gasteiger partial charge in [0.15, 0.2) is 12.1 Å². The Balaban J connectivity index is 1.24. The lowest BCUT2D eigenvalue weighted by atomic mass is 9.89. The van der Waals surface area contributed by atoms with E-state index in [-0.39, 0.29) is 12.2 Å². The Morgan fingerprint density at radius 2 is 1.60 bits per heavy atom. The summed E-state index contributed by atoms with van der Waals surface area (Å²) in [7, 11) is 0. The molecule has 0 aromatic rings. The summed E-state index contributed by atoms with van der Waals surface area (Å²) in [6.07, 6.45) is -1.14. The summed E-state index contributed by atoms with van der Waals surface area (Å²) in [6, 6.07) is -0.396. The van der Waals surface area contributed by atoms with Gasteiger partial charge in [0.1, 0.15) is 17.8 Å². The van der Waals surface area contributed by atoms with Gasteiger partial charge in [0.2, 0.25) is 0 Å². The van der Waals surface area contributed by atoms with Gasteiger partial charge < -0.3 is 43.6 Å². The molecule has 3 rings (SSSR count). The smallest absolute Gasteiger partial charge is 0.176 e. The molecule has 0 saturated carbocycles. The van der Waals surface area contributed by atoms with Crippen LogP contribution in [0.1, 0.15) is 13.8 Å². The molecule has 12 heteroatoms. The second kappa shape index (κ2) is 11.0. The van der Waals surface area contributed by atoms with Gasteiger partial charge in [-0.3, -0.25) is 0 Å². The van der Waals surface area contributed by atoms with Gasteiger partial charge in [0, 0.05) is 11.5 Å². The number of fused-ring (bicyclic) bond motifs is 4. The molecule has 2 N–H and O–H groups in total. The van der Waals surface area contributed by atoms with E-state index >= 15 is 0 Å². The molecular formula is C18H32N4O8. The number of nitrogens with zero attached hydrogens (tertiary/aromatic N) is 3. The lowest BCUT2D eigenvalue weighted by molar-refractivity contribution is -0.210. The van der Waals surface area contributed by atoms with Crippen molar-refractivity contribution in [3.05, 3.63) is 10.4 Å². The minimum atomic E-state index is -0.722. The van der Waals surface area contributed by atoms with Gasteiger partial charge in [-0.15, -0.1) is 0 Å². The molecule has 3 aliphatic heterocycles. The first-order valence-electron chi connectivity index (χ1n) is 10.2. The summed E-state index contributed by atoms with van der Waals surface area (Å²) in [4.78, 5) is 2.64. The van der Waals surface area contributed by atoms with Crippen molar-refractivity contribution in [1.82, 2.24) is 0 Å². The molecule has 172 valence electrons. The predicted molar refractivity (Wildman–Crippen MR) is 103 cm³/mol. The Morgan fingerprint density at radius 1 is 0.967 bits per heavy atom. The first-order chi connectivity index (χ1) is 14.5. The van der Waals surface area contributed by atoms with Crippen LogP contribution in [0.5, 0.6) is 0 Å². The zero-order chi connectivity index (χ0) is 21.5. The van der Waals surface area contributed by atoms with Crippen LogP contribution >= 0.6 is 0 Å². The van der Waals surface area contributed by atoms with Crippen LogP contribution in [-0.4, -0.2) is 102 Å². The number of hydrogen-bond donors (Lipinski definition) is 1. The highest BCUT2D eigenvalue weighted by molar-refractivity contribution is 5.09. The molecule has 3 heterocycles. The molecule has 3 saturated heterocycles. The van der Waals surface area contributed by atoms with Crippen molar-refractivity contribution in [3.63, 3.8) is 0 Å². The minimum absolute atomic E-state index is 0.290. The van der Waals surface area contributed by atoms with Gasteiger partial charge in [-0.1, -0.05) is 5.11 Å². The summed E-state index contributed by atoms with van der Waals surface area (Å²) >= 11 is 0. The van der Waals surface area contributed by atoms with Crippen LogP contribution in [0.4, 0.5) is 0 Å². The normalized spacial score (nSPS) is 34.0. The van der Waals surface area contributed by atoms with Crippen LogP contribution in [0.15, 0.2) is 5.11 Å². The minimum Gasteiger partial charge on any atom is -0.379 e. The molecule has 0 aromatic carbocycles. The molecule has 0 aliphatic carbocycles. The van der Waals surface area contributed by atoms with E-state index in [0.717, 1.165) is 0 Å². The highest BCUT2D eigenvalue weighted by Gasteiger charge is 2.65. The summed E-state index contributed by atoms with van der Waals surface area (Å²) < 4.78 is 45.7. The van der Waals surface area contributed by atoms with E-state index in [2.05, 4.69) is 10.0 Å². The predicted octanol–water partition coefficient (Wildman–Crippen LogP) is 0.336. The first-order valence-corrected chi connectivity index (χ1v) is 10.2. The molecule has 3 fully saturated rings. The average Bonchev–Trinajstić information content (AvgIpc) is 3.27. The summed E-state index contributed by atoms with van der Waals surface area (Å²) in [5.41, 5.74) is 13.6. The SMILES string of the molecule is CC1(C)O[C@@H]2[C@@H](N)[C@H]3OC[C@](COCCOCCOCCOCCN=[N+]=[N-])(O3)[C@@H]2O1. The topological polar surface area (TPSA) is 149 Å². The van der Waals surface area contributed by atoms with Crippen molar-refractivity contribution in [3.8, 4) is 0 Å². The number of azide groups is 1. The van der Waals surface area contributed by atoms with Crippen LogP contribution in [0, 0.1) is 0 Å². The highest BCUT2D eigenvalue weighted by Crippen LogP contribution is 2.45. The van der Waals surface area contributed by atoms with Crippen LogP contribution in [-0.2, 0) is 37.9 Å². The number of nitrogens with two attached hydrogens (primary N) is 1. The lowest BCUT2D eigenvalue weighted by Gasteiger charge is -2.40. The second-order valence-electron chi connectivity index (χ2n) is 7.80. The van der Waals surface area contributed by atoms with Crippen molar-refractivity contribution >= 4 is 0 Å². The molecule has 0 amide bonds. The summed E-state index contributed by atoms with van der Waals surface area (Å²) in [5.74, 6) is -0.716. The maximum Gasteiger partial charge on any atom is 0.176 e. The highest BCUT2D eigenvalue weighted by atomic mass is 16.8. The van der Waals surface area contributed by atoms with Crippen LogP contribution < -0.4 is 5.73 Å². The third-order valence-electron chi connectivity index (χ3n) is 5.05. The van der Waals surface area contributed by atoms with Crippen LogP contribution in [0.25, 0.3) is 10.4 Å². The number of hydrogen-bond acceptors (Lipinski definition) is 10. The number of ether oxygens (including phenoxy) is 8. The summed E-state index contributed by atoms with van der Waals surface area (Å²) in [5, 5.41) is 3.37. The molecule has 0 spiro atoms. The Hall–Kier alpha value is -1.05. The lowest BCUT2D eigenvalue weighted by Crippen LogP contribution is -2.63. The molecule has 0 radical (unpaired) electrons. The number of rotatable bonds is 14. The molecule has 0 unspecified atom stereocenters. The Bertz CT molecular complexity index is 591. The fraction of sp³-hybridized carbons (Fsp3) is 1.00. The van der Waals surface area contributed by atoms with Crippen molar-refractivity contribution in [1.29, 1.82) is 0 Å². The largest absolute Gasteiger partial charge is 0.379 e. The fourth-order valence-corrected chi connectivity index (χ4v) is 3.71. The quantitative estimate of drug-likeness (QED) is 0.177. The molecule has 0 aromatic heterocycles. The van der Waals surface area contributed by atoms with Gasteiger partial charge in [-0.2, -0.15) is 0 Å². The maximum atomic E-state index is 8.13. The third kappa shape index (κ3) is 6.01. The Labute approximate surface area is 175 Å². The standard InChI is InChI=1S/C18H32N4O8/c1-17(2)28-14-13(19)16-27-12-18(30-16,15(14)29-17)11-26-10-9-25-8-7-24-6-5-23-4-3-21-22-20/h13-16H,3-12,19H2,1-2H3/t13-,14-,15-,16+,18+/m1/s1. The van der Waals surface area contributed by atoms with E-state index in [1.165, 1.54) is 0 Å². The Kier molecular flexibility index (Phi) is 8.66. The molecule has 3 aliphatic rings. The monoisotopic (exact) mass is 432 g/mol. The van der Waals surface area contributed by atoms with E-state index in [0.29, 0.717) is 66.0 Å². The molecule has 12 nitrogen and oxygen atoms in total. The van der Waals surface area contributed by atoms with Gasteiger partial charge in [-0.05, 0) is 19.4 Å². The zero-order valence-electron chi connectivity index (χ0n) is 17.6. The van der Waals surface area contributed by atoms with Crippen LogP contribution in [0.3, 0.4) is 0 Å². The average molecular weight is 432 g/mol. The van der Waals surface area contributed by atoms with Crippen LogP contribution in [0.2, 0.25) is 0 Å². The zero-order valence-corrected chi connectivity index (χ0v) is 17.6. The van der Waals surface area contributed by atoms with Crippen molar-refractivity contribution in [2.45, 2.75) is 49.8 Å². The van der Waals surface area contributed by atoms with Gasteiger partial charge >= 0.3 is 0 Å². The van der Waals surface area contributed by atoms with E-state index in [9.17, 15) is 0 Å². The molecule has 5 atom stereocenters. The van der Waals surface area contributed by atoms with E-state index in [1.807, 2.05) is 13.8 Å². The summed E-state index contributed by atoms with van der Waals surface area (Å²) in [6.45, 7) is 7.78. The van der Waals surface area contributed by atoms with E-state index in [4.69, 9.17) is 49.2 Å². The molecular weight excluding hydrogens is 400 g/mol. The second-order valence-corrected chi connectivity index (χ2v) is 7.80. The van der Waals surface area contributed by atoms with Crippen molar-refractivity contribution in [2.24, 2.45) is 10.8 Å². The van der Waals surface area contributed by atoms with E-state index < -0.39 is 23.7 Å². The maximum absolute atomic E-state index is 8.13. The van der Waals surface area contributed by atoms with E-state index in [1.54, 1.807) is 0 Å². The van der Waals surface area contributed by atoms with Gasteiger partial charge in [-0.25, -0.2) is 0 Å². The fourth-order valence-electron chi connectivity index (χ4n) is 3.71. The Morgan fingerprint density at radius 3 is 2.27 bits per heavy atom.